The molecular formula is C22H38O3Si. The molecule has 4 aliphatic rings. The summed E-state index contributed by atoms with van der Waals surface area (Å²) in [6.45, 7) is 11.5. The summed E-state index contributed by atoms with van der Waals surface area (Å²) in [5.41, 5.74) is -0.0173. The van der Waals surface area contributed by atoms with E-state index in [1.165, 1.54) is 25.7 Å². The highest BCUT2D eigenvalue weighted by Crippen LogP contribution is 2.65. The minimum absolute atomic E-state index is 0.231. The Labute approximate surface area is 160 Å². The highest BCUT2D eigenvalue weighted by atomic mass is 28.4. The van der Waals surface area contributed by atoms with Gasteiger partial charge in [-0.25, -0.2) is 0 Å². The SMILES string of the molecule is C[C@]12CC[C@@H](O[Si](C)(C)C)C[C@@H]1CC[C@@H]1[C@@H]2[C@@H](O)C[C@]2(C)C(=O)CC[C@@H]12. The Kier molecular flexibility index (Phi) is 4.53. The molecule has 4 fully saturated rings. The van der Waals surface area contributed by atoms with Crippen LogP contribution in [0, 0.1) is 34.5 Å². The number of aliphatic hydroxyl groups is 1. The first kappa shape index (κ1) is 19.1. The summed E-state index contributed by atoms with van der Waals surface area (Å²) in [7, 11) is -1.50. The van der Waals surface area contributed by atoms with Gasteiger partial charge in [0.1, 0.15) is 5.78 Å². The van der Waals surface area contributed by atoms with Crippen molar-refractivity contribution in [3.63, 3.8) is 0 Å². The van der Waals surface area contributed by atoms with Crippen molar-refractivity contribution in [3.05, 3.63) is 0 Å². The number of fused-ring (bicyclic) bond motifs is 5. The molecule has 0 unspecified atom stereocenters. The number of Topliss-reactive ketones (excluding diaryl/α,β-unsaturated/α-hetero) is 1. The van der Waals surface area contributed by atoms with Gasteiger partial charge in [0, 0.05) is 17.9 Å². The number of rotatable bonds is 2. The number of aliphatic hydroxyl groups excluding tert-OH is 1. The van der Waals surface area contributed by atoms with Gasteiger partial charge in [0.25, 0.3) is 0 Å². The molecule has 3 nitrogen and oxygen atoms in total. The average molecular weight is 379 g/mol. The molecule has 0 radical (unpaired) electrons. The Bertz CT molecular complexity index is 584. The summed E-state index contributed by atoms with van der Waals surface area (Å²) in [5, 5.41) is 11.2. The zero-order chi connectivity index (χ0) is 18.9. The molecule has 26 heavy (non-hydrogen) atoms. The lowest BCUT2D eigenvalue weighted by atomic mass is 9.44. The van der Waals surface area contributed by atoms with E-state index in [1.807, 2.05) is 0 Å². The van der Waals surface area contributed by atoms with Crippen LogP contribution in [-0.2, 0) is 9.22 Å². The van der Waals surface area contributed by atoms with Crippen molar-refractivity contribution in [2.24, 2.45) is 34.5 Å². The van der Waals surface area contributed by atoms with Crippen LogP contribution in [0.5, 0.6) is 0 Å². The van der Waals surface area contributed by atoms with Crippen molar-refractivity contribution >= 4 is 14.1 Å². The zero-order valence-corrected chi connectivity index (χ0v) is 18.4. The summed E-state index contributed by atoms with van der Waals surface area (Å²) in [5.74, 6) is 2.54. The molecule has 0 amide bonds. The van der Waals surface area contributed by atoms with Crippen LogP contribution in [0.25, 0.3) is 0 Å². The molecule has 0 spiro atoms. The Morgan fingerprint density at radius 1 is 1.12 bits per heavy atom. The first-order valence-corrected chi connectivity index (χ1v) is 14.3. The average Bonchev–Trinajstić information content (AvgIpc) is 2.81. The number of carbonyl (C=O) groups is 1. The molecule has 148 valence electrons. The van der Waals surface area contributed by atoms with E-state index in [2.05, 4.69) is 33.5 Å². The normalized spacial score (nSPS) is 51.5. The van der Waals surface area contributed by atoms with Gasteiger partial charge in [-0.05, 0) is 93.7 Å². The van der Waals surface area contributed by atoms with Crippen LogP contribution in [0.1, 0.15) is 65.2 Å². The van der Waals surface area contributed by atoms with Crippen molar-refractivity contribution in [2.75, 3.05) is 0 Å². The standard InChI is InChI=1S/C22H38O3Si/c1-21-11-10-15(25-26(3,4)5)12-14(21)6-7-16-17-8-9-19(24)22(17,2)13-18(23)20(16)21/h14-18,20,23H,6-13H2,1-5H3/t14-,15+,16-,17-,18-,20+,21-,22-/m0/s1. The maximum Gasteiger partial charge on any atom is 0.184 e. The summed E-state index contributed by atoms with van der Waals surface area (Å²) >= 11 is 0. The number of carbonyl (C=O) groups excluding carboxylic acids is 1. The maximum absolute atomic E-state index is 12.6. The van der Waals surface area contributed by atoms with E-state index in [0.717, 1.165) is 19.3 Å². The van der Waals surface area contributed by atoms with Crippen LogP contribution in [0.15, 0.2) is 0 Å². The molecule has 0 aromatic carbocycles. The summed E-state index contributed by atoms with van der Waals surface area (Å²) < 4.78 is 6.47. The van der Waals surface area contributed by atoms with Gasteiger partial charge in [0.05, 0.1) is 6.10 Å². The maximum atomic E-state index is 12.6. The van der Waals surface area contributed by atoms with Gasteiger partial charge in [0.15, 0.2) is 8.32 Å². The molecule has 1 N–H and O–H groups in total. The van der Waals surface area contributed by atoms with Crippen LogP contribution in [-0.4, -0.2) is 31.4 Å². The number of hydrogen-bond acceptors (Lipinski definition) is 3. The van der Waals surface area contributed by atoms with Gasteiger partial charge in [-0.3, -0.25) is 4.79 Å². The summed E-state index contributed by atoms with van der Waals surface area (Å²) in [6, 6.07) is 0. The topological polar surface area (TPSA) is 46.5 Å². The van der Waals surface area contributed by atoms with E-state index >= 15 is 0 Å². The van der Waals surface area contributed by atoms with Gasteiger partial charge >= 0.3 is 0 Å². The molecule has 4 saturated carbocycles. The molecule has 0 aromatic rings. The predicted molar refractivity (Wildman–Crippen MR) is 106 cm³/mol. The van der Waals surface area contributed by atoms with Gasteiger partial charge in [-0.2, -0.15) is 0 Å². The van der Waals surface area contributed by atoms with E-state index in [1.54, 1.807) is 0 Å². The second kappa shape index (κ2) is 6.15. The largest absolute Gasteiger partial charge is 0.415 e. The second-order valence-electron chi connectivity index (χ2n) is 11.4. The Balaban J connectivity index is 1.57. The minimum Gasteiger partial charge on any atom is -0.415 e. The lowest BCUT2D eigenvalue weighted by molar-refractivity contribution is -0.174. The van der Waals surface area contributed by atoms with E-state index in [9.17, 15) is 9.90 Å². The highest BCUT2D eigenvalue weighted by Gasteiger charge is 2.63. The van der Waals surface area contributed by atoms with Crippen molar-refractivity contribution in [2.45, 2.75) is 97.1 Å². The lowest BCUT2D eigenvalue weighted by Crippen LogP contribution is -2.59. The van der Waals surface area contributed by atoms with Gasteiger partial charge in [-0.1, -0.05) is 13.8 Å². The molecule has 4 aliphatic carbocycles. The molecule has 8 atom stereocenters. The first-order chi connectivity index (χ1) is 12.0. The fourth-order valence-corrected chi connectivity index (χ4v) is 8.94. The van der Waals surface area contributed by atoms with Gasteiger partial charge in [-0.15, -0.1) is 0 Å². The van der Waals surface area contributed by atoms with Crippen LogP contribution in [0.3, 0.4) is 0 Å². The molecule has 0 bridgehead atoms. The van der Waals surface area contributed by atoms with Crippen LogP contribution < -0.4 is 0 Å². The zero-order valence-electron chi connectivity index (χ0n) is 17.4. The third-order valence-electron chi connectivity index (χ3n) is 8.78. The number of hydrogen-bond donors (Lipinski definition) is 1. The van der Waals surface area contributed by atoms with Crippen molar-refractivity contribution in [3.8, 4) is 0 Å². The lowest BCUT2D eigenvalue weighted by Gasteiger charge is -2.61. The first-order valence-electron chi connectivity index (χ1n) is 10.9. The Morgan fingerprint density at radius 2 is 1.85 bits per heavy atom. The van der Waals surface area contributed by atoms with Crippen molar-refractivity contribution in [1.29, 1.82) is 0 Å². The molecular weight excluding hydrogens is 340 g/mol. The van der Waals surface area contributed by atoms with Gasteiger partial charge in [0.2, 0.25) is 0 Å². The quantitative estimate of drug-likeness (QED) is 0.703. The fraction of sp³-hybridized carbons (Fsp3) is 0.955. The molecule has 4 heteroatoms. The highest BCUT2D eigenvalue weighted by molar-refractivity contribution is 6.69. The van der Waals surface area contributed by atoms with Crippen LogP contribution in [0.2, 0.25) is 19.6 Å². The monoisotopic (exact) mass is 378 g/mol. The second-order valence-corrected chi connectivity index (χ2v) is 15.8. The predicted octanol–water partition coefficient (Wildman–Crippen LogP) is 4.79. The van der Waals surface area contributed by atoms with Crippen molar-refractivity contribution < 1.29 is 14.3 Å². The molecule has 0 heterocycles. The smallest absolute Gasteiger partial charge is 0.184 e. The van der Waals surface area contributed by atoms with Crippen molar-refractivity contribution in [1.82, 2.24) is 0 Å². The molecule has 0 saturated heterocycles. The van der Waals surface area contributed by atoms with E-state index in [0.29, 0.717) is 42.0 Å². The number of ketones is 1. The molecule has 4 rings (SSSR count). The van der Waals surface area contributed by atoms with E-state index in [-0.39, 0.29) is 16.9 Å². The molecule has 0 aromatic heterocycles. The van der Waals surface area contributed by atoms with Gasteiger partial charge < -0.3 is 9.53 Å². The Hall–Kier alpha value is -0.193. The summed E-state index contributed by atoms with van der Waals surface area (Å²) in [6.07, 6.45) is 8.60. The third-order valence-corrected chi connectivity index (χ3v) is 9.82. The molecule has 0 aliphatic heterocycles. The van der Waals surface area contributed by atoms with E-state index in [4.69, 9.17) is 4.43 Å². The van der Waals surface area contributed by atoms with Crippen LogP contribution in [0.4, 0.5) is 0 Å². The minimum atomic E-state index is -1.50. The summed E-state index contributed by atoms with van der Waals surface area (Å²) in [4.78, 5) is 12.6. The van der Waals surface area contributed by atoms with Crippen LogP contribution >= 0.6 is 0 Å². The Morgan fingerprint density at radius 3 is 2.54 bits per heavy atom. The fourth-order valence-electron chi connectivity index (χ4n) is 7.72. The third kappa shape index (κ3) is 2.86. The van der Waals surface area contributed by atoms with E-state index < -0.39 is 8.32 Å².